The summed E-state index contributed by atoms with van der Waals surface area (Å²) in [7, 11) is 1.64. The largest absolute Gasteiger partial charge is 0.477 e. The van der Waals surface area contributed by atoms with Crippen molar-refractivity contribution in [1.29, 1.82) is 0 Å². The van der Waals surface area contributed by atoms with Gasteiger partial charge < -0.3 is 19.5 Å². The fraction of sp³-hybridized carbons (Fsp3) is 0.435. The summed E-state index contributed by atoms with van der Waals surface area (Å²) in [5.41, 5.74) is 1.59. The quantitative estimate of drug-likeness (QED) is 0.352. The molecule has 180 valence electrons. The van der Waals surface area contributed by atoms with Crippen LogP contribution in [-0.2, 0) is 10.3 Å². The van der Waals surface area contributed by atoms with Crippen LogP contribution in [0.25, 0.3) is 10.6 Å². The van der Waals surface area contributed by atoms with Gasteiger partial charge in [0.1, 0.15) is 5.69 Å². The van der Waals surface area contributed by atoms with Gasteiger partial charge in [0.15, 0.2) is 5.01 Å². The third-order valence-electron chi connectivity index (χ3n) is 5.25. The number of ether oxygens (including phenoxy) is 2. The van der Waals surface area contributed by atoms with Gasteiger partial charge in [-0.05, 0) is 57.2 Å². The van der Waals surface area contributed by atoms with Crippen molar-refractivity contribution < 1.29 is 14.3 Å². The van der Waals surface area contributed by atoms with Crippen molar-refractivity contribution in [2.75, 3.05) is 25.0 Å². The van der Waals surface area contributed by atoms with Crippen LogP contribution in [0.5, 0.6) is 5.88 Å². The van der Waals surface area contributed by atoms with E-state index in [0.717, 1.165) is 16.3 Å². The molecule has 0 aromatic carbocycles. The molecule has 2 N–H and O–H groups in total. The number of pyridine rings is 1. The van der Waals surface area contributed by atoms with Gasteiger partial charge in [-0.2, -0.15) is 0 Å². The predicted octanol–water partition coefficient (Wildman–Crippen LogP) is 4.30. The third kappa shape index (κ3) is 6.22. The molecule has 1 amide bonds. The predicted molar refractivity (Wildman–Crippen MR) is 134 cm³/mol. The monoisotopic (exact) mass is 500 g/mol. The highest BCUT2D eigenvalue weighted by atomic mass is 32.2. The van der Waals surface area contributed by atoms with Crippen LogP contribution >= 0.6 is 23.3 Å². The molecule has 3 aromatic heterocycles. The number of hydrogen-bond donors (Lipinski definition) is 2. The minimum absolute atomic E-state index is 0.281. The molecule has 1 unspecified atom stereocenters. The number of thiazole rings is 1. The second kappa shape index (κ2) is 11.1. The zero-order chi connectivity index (χ0) is 24.0. The van der Waals surface area contributed by atoms with Crippen molar-refractivity contribution in [1.82, 2.24) is 25.3 Å². The van der Waals surface area contributed by atoms with Crippen molar-refractivity contribution in [3.8, 4) is 16.5 Å². The Bertz CT molecular complexity index is 1120. The Morgan fingerprint density at radius 2 is 2.15 bits per heavy atom. The molecule has 9 nitrogen and oxygen atoms in total. The SMILES string of the molecule is CCOc1cncc(-c2cnc(C(=O)NC(C)(CCOC)c3cc(NSC4CC4)ccn3)s2)n1. The van der Waals surface area contributed by atoms with Crippen LogP contribution in [0.3, 0.4) is 0 Å². The van der Waals surface area contributed by atoms with E-state index >= 15 is 0 Å². The minimum Gasteiger partial charge on any atom is -0.477 e. The Labute approximate surface area is 207 Å². The lowest BCUT2D eigenvalue weighted by Gasteiger charge is -2.30. The number of methoxy groups -OCH3 is 1. The molecule has 1 saturated carbocycles. The maximum atomic E-state index is 13.2. The zero-order valence-electron chi connectivity index (χ0n) is 19.4. The Hall–Kier alpha value is -2.76. The highest BCUT2D eigenvalue weighted by molar-refractivity contribution is 8.01. The lowest BCUT2D eigenvalue weighted by atomic mass is 9.92. The summed E-state index contributed by atoms with van der Waals surface area (Å²) in [5, 5.41) is 4.14. The molecule has 0 saturated heterocycles. The molecule has 0 spiro atoms. The van der Waals surface area contributed by atoms with Gasteiger partial charge in [0.05, 0.1) is 35.1 Å². The smallest absolute Gasteiger partial charge is 0.281 e. The Kier molecular flexibility index (Phi) is 7.96. The highest BCUT2D eigenvalue weighted by Gasteiger charge is 2.32. The van der Waals surface area contributed by atoms with Gasteiger partial charge in [-0.1, -0.05) is 0 Å². The van der Waals surface area contributed by atoms with Gasteiger partial charge in [0.2, 0.25) is 5.88 Å². The van der Waals surface area contributed by atoms with Gasteiger partial charge in [-0.25, -0.2) is 9.97 Å². The lowest BCUT2D eigenvalue weighted by Crippen LogP contribution is -2.45. The molecule has 4 rings (SSSR count). The number of nitrogens with zero attached hydrogens (tertiary/aromatic N) is 4. The number of amides is 1. The molecule has 1 atom stereocenters. The van der Waals surface area contributed by atoms with Crippen molar-refractivity contribution in [3.05, 3.63) is 47.6 Å². The number of anilines is 1. The van der Waals surface area contributed by atoms with Crippen LogP contribution in [0.2, 0.25) is 0 Å². The standard InChI is InChI=1S/C23H28N6O3S2/c1-4-32-20-14-24-12-17(27-20)18-13-26-22(33-18)21(30)28-23(2,8-10-31-3)19-11-15(7-9-25-19)29-34-16-5-6-16/h7,9,11-14,16H,4-6,8,10H2,1-3H3,(H,25,29)(H,28,30). The van der Waals surface area contributed by atoms with Crippen LogP contribution in [0.15, 0.2) is 36.9 Å². The summed E-state index contributed by atoms with van der Waals surface area (Å²) >= 11 is 2.98. The zero-order valence-corrected chi connectivity index (χ0v) is 21.0. The molecule has 1 aliphatic rings. The summed E-state index contributed by atoms with van der Waals surface area (Å²) in [6, 6.07) is 3.91. The molecule has 0 radical (unpaired) electrons. The molecular weight excluding hydrogens is 472 g/mol. The molecule has 3 heterocycles. The lowest BCUT2D eigenvalue weighted by molar-refractivity contribution is 0.0869. The molecule has 3 aromatic rings. The summed E-state index contributed by atoms with van der Waals surface area (Å²) in [5.74, 6) is 0.155. The van der Waals surface area contributed by atoms with Crippen molar-refractivity contribution in [2.45, 2.75) is 43.9 Å². The second-order valence-corrected chi connectivity index (χ2v) is 10.2. The van der Waals surface area contributed by atoms with Crippen molar-refractivity contribution >= 4 is 34.9 Å². The number of hydrogen-bond acceptors (Lipinski definition) is 10. The van der Waals surface area contributed by atoms with Gasteiger partial charge >= 0.3 is 0 Å². The average Bonchev–Trinajstić information content (AvgIpc) is 3.55. The minimum atomic E-state index is -0.741. The maximum Gasteiger partial charge on any atom is 0.281 e. The Morgan fingerprint density at radius 3 is 2.91 bits per heavy atom. The molecule has 1 fully saturated rings. The van der Waals surface area contributed by atoms with E-state index in [2.05, 4.69) is 30.0 Å². The molecule has 11 heteroatoms. The number of rotatable bonds is 12. The fourth-order valence-corrected chi connectivity index (χ4v) is 4.75. The van der Waals surface area contributed by atoms with E-state index in [0.29, 0.717) is 41.5 Å². The molecular formula is C23H28N6O3S2. The summed E-state index contributed by atoms with van der Waals surface area (Å²) in [6.07, 6.45) is 9.62. The number of carbonyl (C=O) groups excluding carboxylic acids is 1. The van der Waals surface area contributed by atoms with Gasteiger partial charge in [0.25, 0.3) is 5.91 Å². The van der Waals surface area contributed by atoms with Crippen LogP contribution in [0.1, 0.15) is 48.6 Å². The van der Waals surface area contributed by atoms with Crippen LogP contribution in [-0.4, -0.2) is 51.4 Å². The third-order valence-corrected chi connectivity index (χ3v) is 7.42. The molecule has 0 bridgehead atoms. The number of nitrogens with one attached hydrogen (secondary N) is 2. The van der Waals surface area contributed by atoms with Crippen LogP contribution in [0, 0.1) is 0 Å². The first kappa shape index (κ1) is 24.4. The first-order valence-corrected chi connectivity index (χ1v) is 12.8. The molecule has 34 heavy (non-hydrogen) atoms. The normalized spacial score (nSPS) is 14.9. The van der Waals surface area contributed by atoms with E-state index in [1.165, 1.54) is 24.2 Å². The highest BCUT2D eigenvalue weighted by Crippen LogP contribution is 2.35. The first-order valence-electron chi connectivity index (χ1n) is 11.1. The van der Waals surface area contributed by atoms with Gasteiger partial charge in [-0.3, -0.25) is 14.8 Å². The maximum absolute atomic E-state index is 13.2. The van der Waals surface area contributed by atoms with E-state index in [9.17, 15) is 4.79 Å². The van der Waals surface area contributed by atoms with Crippen molar-refractivity contribution in [2.24, 2.45) is 0 Å². The Balaban J connectivity index is 1.51. The fourth-order valence-electron chi connectivity index (χ4n) is 3.18. The second-order valence-electron chi connectivity index (χ2n) is 8.08. The number of carbonyl (C=O) groups is 1. The summed E-state index contributed by atoms with van der Waals surface area (Å²) in [4.78, 5) is 31.4. The van der Waals surface area contributed by atoms with Crippen LogP contribution < -0.4 is 14.8 Å². The van der Waals surface area contributed by atoms with Gasteiger partial charge in [0, 0.05) is 37.0 Å². The topological polar surface area (TPSA) is 111 Å². The first-order chi connectivity index (χ1) is 16.5. The van der Waals surface area contributed by atoms with Crippen LogP contribution in [0.4, 0.5) is 5.69 Å². The van der Waals surface area contributed by atoms with E-state index in [1.807, 2.05) is 26.0 Å². The summed E-state index contributed by atoms with van der Waals surface area (Å²) in [6.45, 7) is 4.81. The van der Waals surface area contributed by atoms with E-state index in [4.69, 9.17) is 9.47 Å². The van der Waals surface area contributed by atoms with E-state index in [-0.39, 0.29) is 5.91 Å². The van der Waals surface area contributed by atoms with E-state index < -0.39 is 5.54 Å². The molecule has 0 aliphatic heterocycles. The van der Waals surface area contributed by atoms with E-state index in [1.54, 1.807) is 43.8 Å². The Morgan fingerprint density at radius 1 is 1.29 bits per heavy atom. The van der Waals surface area contributed by atoms with Gasteiger partial charge in [-0.15, -0.1) is 11.3 Å². The van der Waals surface area contributed by atoms with Crippen molar-refractivity contribution in [3.63, 3.8) is 0 Å². The molecule has 1 aliphatic carbocycles. The number of aromatic nitrogens is 4. The average molecular weight is 501 g/mol. The summed E-state index contributed by atoms with van der Waals surface area (Å²) < 4.78 is 14.1.